The van der Waals surface area contributed by atoms with Gasteiger partial charge in [-0.2, -0.15) is 13.2 Å². The lowest BCUT2D eigenvalue weighted by atomic mass is 9.93. The monoisotopic (exact) mass is 441 g/mol. The number of aryl methyl sites for hydroxylation is 2. The average molecular weight is 441 g/mol. The fraction of sp³-hybridized carbons (Fsp3) is 0.455. The van der Waals surface area contributed by atoms with Crippen molar-refractivity contribution >= 4 is 0 Å². The number of hydrogen-bond acceptors (Lipinski definition) is 6. The Hall–Kier alpha value is -2.49. The van der Waals surface area contributed by atoms with E-state index >= 15 is 0 Å². The molecular formula is C22H26F3NO5. The molecule has 0 unspecified atom stereocenters. The highest BCUT2D eigenvalue weighted by Gasteiger charge is 2.35. The lowest BCUT2D eigenvalue weighted by molar-refractivity contribution is -0.139. The van der Waals surface area contributed by atoms with Crippen LogP contribution < -0.4 is 19.9 Å². The van der Waals surface area contributed by atoms with Crippen LogP contribution in [0.2, 0.25) is 0 Å². The highest BCUT2D eigenvalue weighted by atomic mass is 19.4. The summed E-state index contributed by atoms with van der Waals surface area (Å²) in [7, 11) is 0. The van der Waals surface area contributed by atoms with Crippen molar-refractivity contribution in [1.82, 2.24) is 0 Å². The molecule has 31 heavy (non-hydrogen) atoms. The van der Waals surface area contributed by atoms with Gasteiger partial charge in [0.2, 0.25) is 6.79 Å². The average Bonchev–Trinajstić information content (AvgIpc) is 3.22. The van der Waals surface area contributed by atoms with Gasteiger partial charge in [0.1, 0.15) is 5.75 Å². The molecule has 0 radical (unpaired) electrons. The molecule has 170 valence electrons. The highest BCUT2D eigenvalue weighted by molar-refractivity contribution is 5.44. The molecule has 1 aliphatic heterocycles. The summed E-state index contributed by atoms with van der Waals surface area (Å²) in [6.07, 6.45) is -3.09. The molecule has 3 rings (SSSR count). The maximum absolute atomic E-state index is 13.5. The molecule has 0 spiro atoms. The van der Waals surface area contributed by atoms with E-state index in [9.17, 15) is 23.4 Å². The Bertz CT molecular complexity index is 884. The van der Waals surface area contributed by atoms with Crippen LogP contribution in [-0.4, -0.2) is 42.4 Å². The van der Waals surface area contributed by atoms with Crippen LogP contribution in [0.1, 0.15) is 29.5 Å². The van der Waals surface area contributed by atoms with Gasteiger partial charge in [-0.15, -0.1) is 0 Å². The van der Waals surface area contributed by atoms with Gasteiger partial charge in [0, 0.05) is 0 Å². The van der Waals surface area contributed by atoms with Crippen molar-refractivity contribution in [2.45, 2.75) is 37.4 Å². The van der Waals surface area contributed by atoms with Crippen LogP contribution in [0.15, 0.2) is 36.4 Å². The first-order valence-electron chi connectivity index (χ1n) is 9.96. The van der Waals surface area contributed by atoms with E-state index in [4.69, 9.17) is 19.9 Å². The van der Waals surface area contributed by atoms with Gasteiger partial charge in [-0.3, -0.25) is 0 Å². The van der Waals surface area contributed by atoms with Crippen LogP contribution in [-0.2, 0) is 19.0 Å². The zero-order valence-corrected chi connectivity index (χ0v) is 17.0. The number of alkyl halides is 3. The molecular weight excluding hydrogens is 415 g/mol. The third-order valence-corrected chi connectivity index (χ3v) is 5.20. The van der Waals surface area contributed by atoms with Crippen molar-refractivity contribution in [2.24, 2.45) is 5.73 Å². The second kappa shape index (κ2) is 9.76. The van der Waals surface area contributed by atoms with Crippen molar-refractivity contribution in [1.29, 1.82) is 0 Å². The van der Waals surface area contributed by atoms with Gasteiger partial charge < -0.3 is 30.2 Å². The van der Waals surface area contributed by atoms with E-state index in [1.54, 1.807) is 0 Å². The first-order valence-corrected chi connectivity index (χ1v) is 9.96. The van der Waals surface area contributed by atoms with Gasteiger partial charge >= 0.3 is 6.18 Å². The number of ether oxygens (including phenoxy) is 3. The number of aliphatic hydroxyl groups excluding tert-OH is 2. The Morgan fingerprint density at radius 3 is 2.32 bits per heavy atom. The Morgan fingerprint density at radius 1 is 0.935 bits per heavy atom. The second-order valence-corrected chi connectivity index (χ2v) is 7.65. The predicted octanol–water partition coefficient (Wildman–Crippen LogP) is 3.06. The Balaban J connectivity index is 1.59. The summed E-state index contributed by atoms with van der Waals surface area (Å²) >= 11 is 0. The van der Waals surface area contributed by atoms with Crippen LogP contribution in [0, 0.1) is 0 Å². The van der Waals surface area contributed by atoms with E-state index in [-0.39, 0.29) is 32.0 Å². The zero-order valence-electron chi connectivity index (χ0n) is 17.0. The minimum atomic E-state index is -4.57. The molecule has 0 bridgehead atoms. The Morgan fingerprint density at radius 2 is 1.61 bits per heavy atom. The van der Waals surface area contributed by atoms with E-state index < -0.39 is 30.5 Å². The fourth-order valence-electron chi connectivity index (χ4n) is 3.24. The van der Waals surface area contributed by atoms with E-state index in [0.29, 0.717) is 29.9 Å². The normalized spacial score (nSPS) is 13.5. The van der Waals surface area contributed by atoms with Crippen molar-refractivity contribution < 1.29 is 37.6 Å². The quantitative estimate of drug-likeness (QED) is 0.491. The van der Waals surface area contributed by atoms with Crippen molar-refractivity contribution in [3.05, 3.63) is 53.1 Å². The molecule has 4 N–H and O–H groups in total. The standard InChI is InChI=1S/C22H26F3NO5/c23-22(24,25)17-10-16(7-8-21(26,12-27)13-28)3-5-18(17)29-9-1-2-15-4-6-19-20(11-15)31-14-30-19/h3-6,10-11,27-28H,1-2,7-9,12-14,26H2. The third-order valence-electron chi connectivity index (χ3n) is 5.20. The molecule has 0 aliphatic carbocycles. The molecule has 0 saturated heterocycles. The summed E-state index contributed by atoms with van der Waals surface area (Å²) in [6.45, 7) is -0.609. The molecule has 0 saturated carbocycles. The van der Waals surface area contributed by atoms with Crippen LogP contribution in [0.4, 0.5) is 13.2 Å². The minimum absolute atomic E-state index is 0.123. The zero-order chi connectivity index (χ0) is 22.5. The van der Waals surface area contributed by atoms with Gasteiger partial charge in [-0.25, -0.2) is 0 Å². The number of aliphatic hydroxyl groups is 2. The number of nitrogens with two attached hydrogens (primary N) is 1. The number of rotatable bonds is 10. The second-order valence-electron chi connectivity index (χ2n) is 7.65. The molecule has 9 heteroatoms. The molecule has 6 nitrogen and oxygen atoms in total. The molecule has 0 aromatic heterocycles. The maximum Gasteiger partial charge on any atom is 0.419 e. The van der Waals surface area contributed by atoms with Crippen molar-refractivity contribution in [3.63, 3.8) is 0 Å². The Labute approximate surface area is 178 Å². The van der Waals surface area contributed by atoms with Crippen molar-refractivity contribution in [3.8, 4) is 17.2 Å². The number of halogens is 3. The van der Waals surface area contributed by atoms with Gasteiger partial charge in [0.05, 0.1) is 30.9 Å². The van der Waals surface area contributed by atoms with E-state index in [0.717, 1.165) is 11.6 Å². The SMILES string of the molecule is NC(CO)(CO)CCc1ccc(OCCCc2ccc3c(c2)OCO3)c(C(F)(F)F)c1. The lowest BCUT2D eigenvalue weighted by Crippen LogP contribution is -2.47. The number of benzene rings is 2. The molecule has 0 amide bonds. The third kappa shape index (κ3) is 6.03. The molecule has 1 heterocycles. The topological polar surface area (TPSA) is 94.2 Å². The van der Waals surface area contributed by atoms with Crippen LogP contribution >= 0.6 is 0 Å². The molecule has 2 aromatic rings. The van der Waals surface area contributed by atoms with Gasteiger partial charge in [0.15, 0.2) is 11.5 Å². The summed E-state index contributed by atoms with van der Waals surface area (Å²) in [5.74, 6) is 1.11. The highest BCUT2D eigenvalue weighted by Crippen LogP contribution is 2.37. The van der Waals surface area contributed by atoms with Crippen LogP contribution in [0.5, 0.6) is 17.2 Å². The largest absolute Gasteiger partial charge is 0.493 e. The van der Waals surface area contributed by atoms with E-state index in [1.165, 1.54) is 12.1 Å². The fourth-order valence-corrected chi connectivity index (χ4v) is 3.24. The smallest absolute Gasteiger partial charge is 0.419 e. The molecule has 0 atom stereocenters. The summed E-state index contributed by atoms with van der Waals surface area (Å²) < 4.78 is 56.6. The number of fused-ring (bicyclic) bond motifs is 1. The van der Waals surface area contributed by atoms with Gasteiger partial charge in [-0.1, -0.05) is 12.1 Å². The first kappa shape index (κ1) is 23.2. The maximum atomic E-state index is 13.5. The van der Waals surface area contributed by atoms with Gasteiger partial charge in [-0.05, 0) is 61.1 Å². The lowest BCUT2D eigenvalue weighted by Gasteiger charge is -2.24. The predicted molar refractivity (Wildman–Crippen MR) is 107 cm³/mol. The number of hydrogen-bond donors (Lipinski definition) is 3. The van der Waals surface area contributed by atoms with Crippen LogP contribution in [0.25, 0.3) is 0 Å². The summed E-state index contributed by atoms with van der Waals surface area (Å²) in [5.41, 5.74) is 5.09. The molecule has 2 aromatic carbocycles. The Kier molecular flexibility index (Phi) is 7.30. The van der Waals surface area contributed by atoms with Crippen molar-refractivity contribution in [2.75, 3.05) is 26.6 Å². The summed E-state index contributed by atoms with van der Waals surface area (Å²) in [5, 5.41) is 18.5. The van der Waals surface area contributed by atoms with Crippen LogP contribution in [0.3, 0.4) is 0 Å². The van der Waals surface area contributed by atoms with E-state index in [2.05, 4.69) is 0 Å². The minimum Gasteiger partial charge on any atom is -0.493 e. The molecule has 0 fully saturated rings. The van der Waals surface area contributed by atoms with E-state index in [1.807, 2.05) is 18.2 Å². The summed E-state index contributed by atoms with van der Waals surface area (Å²) in [4.78, 5) is 0. The van der Waals surface area contributed by atoms with Gasteiger partial charge in [0.25, 0.3) is 0 Å². The first-order chi connectivity index (χ1) is 14.7. The molecule has 1 aliphatic rings. The summed E-state index contributed by atoms with van der Waals surface area (Å²) in [6, 6.07) is 9.42.